The number of nitrogens with zero attached hydrogens (tertiary/aromatic N) is 2. The average Bonchev–Trinajstić information content (AvgIpc) is 3.02. The molecule has 0 atom stereocenters. The molecule has 0 radical (unpaired) electrons. The van der Waals surface area contributed by atoms with Crippen LogP contribution in [0.4, 0.5) is 0 Å². The molecule has 1 aromatic rings. The zero-order valence-electron chi connectivity index (χ0n) is 10.1. The summed E-state index contributed by atoms with van der Waals surface area (Å²) in [5.74, 6) is -1.21. The summed E-state index contributed by atoms with van der Waals surface area (Å²) in [5.41, 5.74) is 0.0219. The quantitative estimate of drug-likeness (QED) is 0.873. The first-order valence-electron chi connectivity index (χ1n) is 5.79. The van der Waals surface area contributed by atoms with Crippen molar-refractivity contribution >= 4 is 5.97 Å². The first-order chi connectivity index (χ1) is 8.47. The molecule has 0 amide bonds. The summed E-state index contributed by atoms with van der Waals surface area (Å²) in [4.78, 5) is 22.4. The number of rotatable bonds is 4. The van der Waals surface area contributed by atoms with Crippen LogP contribution in [0.1, 0.15) is 35.3 Å². The fourth-order valence-electron chi connectivity index (χ4n) is 2.10. The predicted molar refractivity (Wildman–Crippen MR) is 64.3 cm³/mol. The molecule has 18 heavy (non-hydrogen) atoms. The van der Waals surface area contributed by atoms with Gasteiger partial charge >= 0.3 is 5.97 Å². The van der Waals surface area contributed by atoms with Crippen molar-refractivity contribution in [1.82, 2.24) is 4.57 Å². The van der Waals surface area contributed by atoms with Crippen LogP contribution in [0.3, 0.4) is 0 Å². The highest BCUT2D eigenvalue weighted by atomic mass is 16.4. The van der Waals surface area contributed by atoms with Crippen LogP contribution < -0.4 is 5.43 Å². The van der Waals surface area contributed by atoms with E-state index in [0.29, 0.717) is 13.0 Å². The third-order valence-corrected chi connectivity index (χ3v) is 3.49. The second-order valence-corrected chi connectivity index (χ2v) is 4.96. The van der Waals surface area contributed by atoms with Gasteiger partial charge in [-0.15, -0.1) is 0 Å². The van der Waals surface area contributed by atoms with Crippen LogP contribution in [0.15, 0.2) is 17.1 Å². The molecule has 5 heteroatoms. The lowest BCUT2D eigenvalue weighted by Crippen LogP contribution is -2.21. The second kappa shape index (κ2) is 4.30. The van der Waals surface area contributed by atoms with E-state index in [-0.39, 0.29) is 11.0 Å². The van der Waals surface area contributed by atoms with Gasteiger partial charge in [-0.3, -0.25) is 4.79 Å². The Bertz CT molecular complexity index is 591. The van der Waals surface area contributed by atoms with E-state index in [0.717, 1.165) is 18.5 Å². The summed E-state index contributed by atoms with van der Waals surface area (Å²) in [7, 11) is 0. The summed E-state index contributed by atoms with van der Waals surface area (Å²) >= 11 is 0. The molecule has 1 aliphatic rings. The minimum absolute atomic E-state index is 0.0235. The summed E-state index contributed by atoms with van der Waals surface area (Å²) in [6.07, 6.45) is 3.82. The first kappa shape index (κ1) is 12.4. The molecule has 1 saturated carbocycles. The summed E-state index contributed by atoms with van der Waals surface area (Å²) in [5, 5.41) is 17.7. The Labute approximate surface area is 104 Å². The van der Waals surface area contributed by atoms with Crippen molar-refractivity contribution in [3.05, 3.63) is 33.7 Å². The number of carboxylic acid groups (broad SMARTS) is 1. The lowest BCUT2D eigenvalue weighted by atomic mass is 10.0. The van der Waals surface area contributed by atoms with Gasteiger partial charge < -0.3 is 9.67 Å². The molecule has 0 unspecified atom stereocenters. The van der Waals surface area contributed by atoms with Gasteiger partial charge in [-0.2, -0.15) is 5.26 Å². The standard InChI is InChI=1S/C13H14N2O3/c1-9-6-11(16)10(12(17)18)7-15(9)8-13(2-3-13)4-5-14/h6-7H,2-4,8H2,1H3,(H,17,18). The number of pyridine rings is 1. The second-order valence-electron chi connectivity index (χ2n) is 4.96. The minimum atomic E-state index is -1.21. The molecule has 94 valence electrons. The van der Waals surface area contributed by atoms with Crippen molar-refractivity contribution in [2.45, 2.75) is 32.7 Å². The highest BCUT2D eigenvalue weighted by Crippen LogP contribution is 2.50. The number of nitriles is 1. The molecule has 1 aliphatic carbocycles. The number of aromatic carboxylic acids is 1. The van der Waals surface area contributed by atoms with Crippen LogP contribution in [0.5, 0.6) is 0 Å². The van der Waals surface area contributed by atoms with E-state index in [1.54, 1.807) is 11.5 Å². The van der Waals surface area contributed by atoms with Crippen molar-refractivity contribution in [1.29, 1.82) is 5.26 Å². The number of carbonyl (C=O) groups is 1. The maximum Gasteiger partial charge on any atom is 0.341 e. The Hall–Kier alpha value is -2.09. The number of carboxylic acids is 1. The molecule has 2 rings (SSSR count). The third kappa shape index (κ3) is 2.28. The Morgan fingerprint density at radius 3 is 2.78 bits per heavy atom. The molecule has 1 heterocycles. The Morgan fingerprint density at radius 2 is 2.28 bits per heavy atom. The molecule has 1 aromatic heterocycles. The van der Waals surface area contributed by atoms with Gasteiger partial charge in [-0.25, -0.2) is 4.79 Å². The van der Waals surface area contributed by atoms with Gasteiger partial charge in [0.1, 0.15) is 5.56 Å². The molecule has 5 nitrogen and oxygen atoms in total. The fraction of sp³-hybridized carbons (Fsp3) is 0.462. The van der Waals surface area contributed by atoms with E-state index in [9.17, 15) is 9.59 Å². The van der Waals surface area contributed by atoms with E-state index >= 15 is 0 Å². The van der Waals surface area contributed by atoms with Crippen LogP contribution in [-0.4, -0.2) is 15.6 Å². The van der Waals surface area contributed by atoms with Gasteiger partial charge in [-0.1, -0.05) is 0 Å². The largest absolute Gasteiger partial charge is 0.477 e. The van der Waals surface area contributed by atoms with Crippen LogP contribution in [0.25, 0.3) is 0 Å². The SMILES string of the molecule is Cc1cc(=O)c(C(=O)O)cn1CC1(CC#N)CC1. The van der Waals surface area contributed by atoms with Gasteiger partial charge in [0.2, 0.25) is 0 Å². The Morgan fingerprint density at radius 1 is 1.61 bits per heavy atom. The monoisotopic (exact) mass is 246 g/mol. The zero-order chi connectivity index (χ0) is 13.3. The smallest absolute Gasteiger partial charge is 0.341 e. The van der Waals surface area contributed by atoms with Crippen molar-refractivity contribution in [3.63, 3.8) is 0 Å². The van der Waals surface area contributed by atoms with Crippen LogP contribution >= 0.6 is 0 Å². The molecular formula is C13H14N2O3. The molecule has 0 aliphatic heterocycles. The highest BCUT2D eigenvalue weighted by Gasteiger charge is 2.42. The van der Waals surface area contributed by atoms with E-state index in [4.69, 9.17) is 10.4 Å². The predicted octanol–water partition coefficient (Wildman–Crippen LogP) is 1.55. The summed E-state index contributed by atoms with van der Waals surface area (Å²) in [6, 6.07) is 3.51. The lowest BCUT2D eigenvalue weighted by molar-refractivity contribution is 0.0694. The molecule has 0 saturated heterocycles. The molecule has 1 fully saturated rings. The molecule has 0 spiro atoms. The Balaban J connectivity index is 2.34. The maximum absolute atomic E-state index is 11.5. The summed E-state index contributed by atoms with van der Waals surface area (Å²) < 4.78 is 1.77. The van der Waals surface area contributed by atoms with E-state index in [1.807, 2.05) is 0 Å². The van der Waals surface area contributed by atoms with E-state index in [1.165, 1.54) is 12.3 Å². The number of aromatic nitrogens is 1. The number of hydrogen-bond acceptors (Lipinski definition) is 3. The number of aryl methyl sites for hydroxylation is 1. The third-order valence-electron chi connectivity index (χ3n) is 3.49. The topological polar surface area (TPSA) is 83.1 Å². The van der Waals surface area contributed by atoms with Crippen LogP contribution in [-0.2, 0) is 6.54 Å². The normalized spacial score (nSPS) is 16.0. The number of hydrogen-bond donors (Lipinski definition) is 1. The van der Waals surface area contributed by atoms with Crippen molar-refractivity contribution in [2.75, 3.05) is 0 Å². The highest BCUT2D eigenvalue weighted by molar-refractivity contribution is 5.87. The zero-order valence-corrected chi connectivity index (χ0v) is 10.1. The van der Waals surface area contributed by atoms with Gasteiger partial charge in [0.05, 0.1) is 6.07 Å². The van der Waals surface area contributed by atoms with Gasteiger partial charge in [0, 0.05) is 36.3 Å². The fourth-order valence-corrected chi connectivity index (χ4v) is 2.10. The minimum Gasteiger partial charge on any atom is -0.477 e. The van der Waals surface area contributed by atoms with Crippen LogP contribution in [0.2, 0.25) is 0 Å². The van der Waals surface area contributed by atoms with Gasteiger partial charge in [0.15, 0.2) is 5.43 Å². The van der Waals surface area contributed by atoms with Crippen molar-refractivity contribution in [3.8, 4) is 6.07 Å². The van der Waals surface area contributed by atoms with Crippen molar-refractivity contribution in [2.24, 2.45) is 5.41 Å². The van der Waals surface area contributed by atoms with Crippen molar-refractivity contribution < 1.29 is 9.90 Å². The molecule has 0 aromatic carbocycles. The molecule has 0 bridgehead atoms. The van der Waals surface area contributed by atoms with E-state index < -0.39 is 11.4 Å². The lowest BCUT2D eigenvalue weighted by Gasteiger charge is -2.17. The summed E-state index contributed by atoms with van der Waals surface area (Å²) in [6.45, 7) is 2.38. The van der Waals surface area contributed by atoms with Gasteiger partial charge in [-0.05, 0) is 19.8 Å². The van der Waals surface area contributed by atoms with E-state index in [2.05, 4.69) is 6.07 Å². The molecule has 1 N–H and O–H groups in total. The Kier molecular flexibility index (Phi) is 2.95. The molecular weight excluding hydrogens is 232 g/mol. The maximum atomic E-state index is 11.5. The average molecular weight is 246 g/mol. The van der Waals surface area contributed by atoms with Gasteiger partial charge in [0.25, 0.3) is 0 Å². The van der Waals surface area contributed by atoms with Crippen LogP contribution in [0, 0.1) is 23.7 Å². The first-order valence-corrected chi connectivity index (χ1v) is 5.79.